The molecule has 3 rings (SSSR count). The maximum atomic E-state index is 13.9. The van der Waals surface area contributed by atoms with E-state index in [1.807, 2.05) is 26.8 Å². The highest BCUT2D eigenvalue weighted by molar-refractivity contribution is 5.96. The average molecular weight is 345 g/mol. The Morgan fingerprint density at radius 2 is 1.88 bits per heavy atom. The second-order valence-electron chi connectivity index (χ2n) is 6.62. The van der Waals surface area contributed by atoms with Crippen LogP contribution in [0.15, 0.2) is 24.3 Å². The fourth-order valence-corrected chi connectivity index (χ4v) is 3.30. The van der Waals surface area contributed by atoms with Gasteiger partial charge in [-0.3, -0.25) is 4.79 Å². The number of rotatable bonds is 4. The van der Waals surface area contributed by atoms with Gasteiger partial charge in [-0.25, -0.2) is 8.78 Å². The molecule has 2 aromatic rings. The first kappa shape index (κ1) is 17.4. The molecule has 0 saturated heterocycles. The first-order valence-corrected chi connectivity index (χ1v) is 8.24. The Hall–Kier alpha value is -2.43. The van der Waals surface area contributed by atoms with Gasteiger partial charge in [-0.05, 0) is 67.5 Å². The molecule has 0 unspecified atom stereocenters. The minimum atomic E-state index is -0.608. The standard InChI is InChI=1S/C20H21F2NO2/c1-10-7-18(25-4)11(2)12(3)19(10)23-20(24)16-9-15(16)14-6-5-13(21)8-17(14)22/h5-8,15-16H,9H2,1-4H3,(H,23,24)/t15-,16+/m0/s1. The molecule has 0 heterocycles. The highest BCUT2D eigenvalue weighted by Gasteiger charge is 2.45. The summed E-state index contributed by atoms with van der Waals surface area (Å²) in [4.78, 5) is 12.6. The number of carbonyl (C=O) groups is 1. The van der Waals surface area contributed by atoms with E-state index in [9.17, 15) is 13.6 Å². The molecule has 5 heteroatoms. The first-order valence-electron chi connectivity index (χ1n) is 8.24. The van der Waals surface area contributed by atoms with E-state index in [2.05, 4.69) is 5.32 Å². The summed E-state index contributed by atoms with van der Waals surface area (Å²) in [5.74, 6) is -1.03. The fourth-order valence-electron chi connectivity index (χ4n) is 3.30. The molecular weight excluding hydrogens is 324 g/mol. The van der Waals surface area contributed by atoms with Crippen molar-refractivity contribution in [3.63, 3.8) is 0 Å². The topological polar surface area (TPSA) is 38.3 Å². The summed E-state index contributed by atoms with van der Waals surface area (Å²) < 4.78 is 32.3. The zero-order valence-corrected chi connectivity index (χ0v) is 14.7. The second-order valence-corrected chi connectivity index (χ2v) is 6.62. The van der Waals surface area contributed by atoms with Crippen molar-refractivity contribution in [3.05, 3.63) is 58.2 Å². The van der Waals surface area contributed by atoms with Gasteiger partial charge in [0.05, 0.1) is 7.11 Å². The molecular formula is C20H21F2NO2. The Morgan fingerprint density at radius 1 is 1.16 bits per heavy atom. The molecule has 25 heavy (non-hydrogen) atoms. The van der Waals surface area contributed by atoms with E-state index in [4.69, 9.17) is 4.74 Å². The second kappa shape index (κ2) is 6.47. The van der Waals surface area contributed by atoms with Gasteiger partial charge in [-0.2, -0.15) is 0 Å². The molecule has 0 aromatic heterocycles. The van der Waals surface area contributed by atoms with Crippen LogP contribution in [0.25, 0.3) is 0 Å². The molecule has 1 fully saturated rings. The van der Waals surface area contributed by atoms with Crippen LogP contribution in [-0.4, -0.2) is 13.0 Å². The lowest BCUT2D eigenvalue weighted by Crippen LogP contribution is -2.17. The number of amides is 1. The van der Waals surface area contributed by atoms with Gasteiger partial charge in [0.15, 0.2) is 0 Å². The average Bonchev–Trinajstić information content (AvgIpc) is 3.35. The predicted octanol–water partition coefficient (Wildman–Crippen LogP) is 4.64. The van der Waals surface area contributed by atoms with Crippen molar-refractivity contribution in [2.45, 2.75) is 33.1 Å². The van der Waals surface area contributed by atoms with Gasteiger partial charge >= 0.3 is 0 Å². The van der Waals surface area contributed by atoms with Crippen LogP contribution >= 0.6 is 0 Å². The van der Waals surface area contributed by atoms with Gasteiger partial charge in [0.2, 0.25) is 5.91 Å². The van der Waals surface area contributed by atoms with Crippen molar-refractivity contribution in [2.24, 2.45) is 5.92 Å². The van der Waals surface area contributed by atoms with Crippen LogP contribution in [0.1, 0.15) is 34.6 Å². The molecule has 0 radical (unpaired) electrons. The van der Waals surface area contributed by atoms with Crippen molar-refractivity contribution in [1.82, 2.24) is 0 Å². The molecule has 1 N–H and O–H groups in total. The van der Waals surface area contributed by atoms with E-state index in [-0.39, 0.29) is 17.7 Å². The van der Waals surface area contributed by atoms with Crippen LogP contribution in [0.2, 0.25) is 0 Å². The van der Waals surface area contributed by atoms with E-state index in [1.165, 1.54) is 12.1 Å². The SMILES string of the molecule is COc1cc(C)c(NC(=O)[C@@H]2C[C@H]2c2ccc(F)cc2F)c(C)c1C. The highest BCUT2D eigenvalue weighted by Crippen LogP contribution is 2.49. The monoisotopic (exact) mass is 345 g/mol. The zero-order valence-electron chi connectivity index (χ0n) is 14.7. The van der Waals surface area contributed by atoms with Crippen LogP contribution < -0.4 is 10.1 Å². The number of hydrogen-bond donors (Lipinski definition) is 1. The van der Waals surface area contributed by atoms with Crippen LogP contribution in [0.3, 0.4) is 0 Å². The summed E-state index contributed by atoms with van der Waals surface area (Å²) in [5, 5.41) is 2.97. The summed E-state index contributed by atoms with van der Waals surface area (Å²) in [6.07, 6.45) is 0.571. The lowest BCUT2D eigenvalue weighted by molar-refractivity contribution is -0.117. The van der Waals surface area contributed by atoms with Gasteiger partial charge in [0.1, 0.15) is 17.4 Å². The molecule has 1 aliphatic carbocycles. The Morgan fingerprint density at radius 3 is 2.52 bits per heavy atom. The van der Waals surface area contributed by atoms with E-state index in [0.717, 1.165) is 34.2 Å². The molecule has 0 aliphatic heterocycles. The van der Waals surface area contributed by atoms with Gasteiger partial charge in [0.25, 0.3) is 0 Å². The fraction of sp³-hybridized carbons (Fsp3) is 0.350. The maximum absolute atomic E-state index is 13.9. The molecule has 2 aromatic carbocycles. The van der Waals surface area contributed by atoms with Gasteiger partial charge in [-0.1, -0.05) is 6.07 Å². The number of ether oxygens (including phenoxy) is 1. The molecule has 0 bridgehead atoms. The number of carbonyl (C=O) groups excluding carboxylic acids is 1. The highest BCUT2D eigenvalue weighted by atomic mass is 19.1. The molecule has 3 nitrogen and oxygen atoms in total. The number of nitrogens with one attached hydrogen (secondary N) is 1. The van der Waals surface area contributed by atoms with E-state index >= 15 is 0 Å². The number of methoxy groups -OCH3 is 1. The minimum absolute atomic E-state index is 0.135. The molecule has 2 atom stereocenters. The van der Waals surface area contributed by atoms with Crippen LogP contribution in [0.5, 0.6) is 5.75 Å². The minimum Gasteiger partial charge on any atom is -0.496 e. The van der Waals surface area contributed by atoms with Gasteiger partial charge in [-0.15, -0.1) is 0 Å². The third-order valence-corrected chi connectivity index (χ3v) is 5.01. The zero-order chi connectivity index (χ0) is 18.3. The Balaban J connectivity index is 1.77. The summed E-state index contributed by atoms with van der Waals surface area (Å²) in [6, 6.07) is 5.41. The van der Waals surface area contributed by atoms with Crippen molar-refractivity contribution in [3.8, 4) is 5.75 Å². The predicted molar refractivity (Wildman–Crippen MR) is 93.0 cm³/mol. The number of anilines is 1. The van der Waals surface area contributed by atoms with Crippen LogP contribution in [0.4, 0.5) is 14.5 Å². The number of aryl methyl sites for hydroxylation is 1. The molecule has 132 valence electrons. The molecule has 1 amide bonds. The van der Waals surface area contributed by atoms with E-state index in [1.54, 1.807) is 7.11 Å². The Kier molecular flexibility index (Phi) is 4.50. The Bertz CT molecular complexity index is 848. The van der Waals surface area contributed by atoms with Crippen molar-refractivity contribution in [1.29, 1.82) is 0 Å². The summed E-state index contributed by atoms with van der Waals surface area (Å²) >= 11 is 0. The summed E-state index contributed by atoms with van der Waals surface area (Å²) in [7, 11) is 1.62. The van der Waals surface area contributed by atoms with Crippen molar-refractivity contribution < 1.29 is 18.3 Å². The summed E-state index contributed by atoms with van der Waals surface area (Å²) in [5.41, 5.74) is 4.02. The molecule has 1 aliphatic rings. The third kappa shape index (κ3) is 3.23. The lowest BCUT2D eigenvalue weighted by atomic mass is 10.0. The van der Waals surface area contributed by atoms with Crippen molar-refractivity contribution in [2.75, 3.05) is 12.4 Å². The normalized spacial score (nSPS) is 18.8. The van der Waals surface area contributed by atoms with Gasteiger partial charge < -0.3 is 10.1 Å². The third-order valence-electron chi connectivity index (χ3n) is 5.01. The number of hydrogen-bond acceptors (Lipinski definition) is 2. The van der Waals surface area contributed by atoms with Crippen LogP contribution in [0, 0.1) is 38.3 Å². The van der Waals surface area contributed by atoms with Crippen molar-refractivity contribution >= 4 is 11.6 Å². The molecule has 1 saturated carbocycles. The number of benzene rings is 2. The lowest BCUT2D eigenvalue weighted by Gasteiger charge is -2.17. The van der Waals surface area contributed by atoms with E-state index in [0.29, 0.717) is 12.0 Å². The smallest absolute Gasteiger partial charge is 0.228 e. The first-order chi connectivity index (χ1) is 11.8. The van der Waals surface area contributed by atoms with Gasteiger partial charge in [0, 0.05) is 17.7 Å². The molecule has 0 spiro atoms. The van der Waals surface area contributed by atoms with Crippen LogP contribution in [-0.2, 0) is 4.79 Å². The largest absolute Gasteiger partial charge is 0.496 e. The maximum Gasteiger partial charge on any atom is 0.228 e. The quantitative estimate of drug-likeness (QED) is 0.877. The summed E-state index contributed by atoms with van der Waals surface area (Å²) in [6.45, 7) is 5.79. The Labute approximate surface area is 146 Å². The number of halogens is 2. The van der Waals surface area contributed by atoms with E-state index < -0.39 is 11.6 Å².